The number of aliphatic hydroxyl groups excluding tert-OH is 2. The number of fused-ring (bicyclic) bond motifs is 5. The lowest BCUT2D eigenvalue weighted by Crippen LogP contribution is -2.47. The van der Waals surface area contributed by atoms with Gasteiger partial charge in [0.05, 0.1) is 61.1 Å². The van der Waals surface area contributed by atoms with Gasteiger partial charge >= 0.3 is 5.97 Å². The van der Waals surface area contributed by atoms with Gasteiger partial charge in [0.25, 0.3) is 0 Å². The number of ether oxygens (including phenoxy) is 4. The molecule has 0 aromatic heterocycles. The minimum atomic E-state index is -1.16. The van der Waals surface area contributed by atoms with Crippen molar-refractivity contribution in [1.29, 1.82) is 0 Å². The van der Waals surface area contributed by atoms with Crippen LogP contribution in [0.3, 0.4) is 0 Å². The normalized spacial score (nSPS) is 28.6. The number of aliphatic hydroxyl groups is 3. The minimum Gasteiger partial charge on any atom is -0.496 e. The molecule has 0 spiro atoms. The Morgan fingerprint density at radius 3 is 2.73 bits per heavy atom. The van der Waals surface area contributed by atoms with Gasteiger partial charge in [0.15, 0.2) is 6.29 Å². The van der Waals surface area contributed by atoms with Crippen LogP contribution in [0.25, 0.3) is 11.6 Å². The second-order valence-corrected chi connectivity index (χ2v) is 13.3. The fourth-order valence-electron chi connectivity index (χ4n) is 8.29. The molecule has 3 aliphatic heterocycles. The highest BCUT2D eigenvalue weighted by atomic mass is 16.6. The number of carbonyl (C=O) groups is 3. The van der Waals surface area contributed by atoms with Crippen molar-refractivity contribution in [3.05, 3.63) is 67.9 Å². The van der Waals surface area contributed by atoms with Crippen molar-refractivity contribution in [2.45, 2.75) is 76.1 Å². The van der Waals surface area contributed by atoms with Crippen LogP contribution in [0.15, 0.2) is 40.1 Å². The van der Waals surface area contributed by atoms with Gasteiger partial charge in [0.1, 0.15) is 29.1 Å². The maximum absolute atomic E-state index is 13.8. The summed E-state index contributed by atoms with van der Waals surface area (Å²) in [4.78, 5) is 44.8. The Bertz CT molecular complexity index is 1920. The highest BCUT2D eigenvalue weighted by Crippen LogP contribution is 2.61. The zero-order valence-electron chi connectivity index (χ0n) is 27.2. The number of esters is 1. The molecular weight excluding hydrogens is 618 g/mol. The van der Waals surface area contributed by atoms with E-state index in [4.69, 9.17) is 18.9 Å². The standard InChI is InChI=1S/C37H39NO10/c1-4-46-36(43)33-24(16-40)27(20-13-21(15-39)30(42)23(14-20)18-7-8-26-19(12-18)9-11-38-26)29-32(47-33)25(17-41)31-28(34(29)45-3)22-6-5-10-37(2,44)35(22)48-31/h7-9,12,16,21-23,35,39,41,44H,4-6,10-11,13-15,17H2,1-3H3/b27-20-/t21-,22+,23-,35-,37+/m0/s1. The molecule has 0 unspecified atom stereocenters. The third-order valence-electron chi connectivity index (χ3n) is 10.5. The van der Waals surface area contributed by atoms with Crippen LogP contribution < -0.4 is 24.8 Å². The average molecular weight is 658 g/mol. The van der Waals surface area contributed by atoms with Crippen molar-refractivity contribution in [2.24, 2.45) is 10.9 Å². The number of rotatable bonds is 7. The zero-order valence-corrected chi connectivity index (χ0v) is 27.2. The number of hydrogen-bond acceptors (Lipinski definition) is 11. The van der Waals surface area contributed by atoms with Crippen molar-refractivity contribution in [3.63, 3.8) is 0 Å². The highest BCUT2D eigenvalue weighted by Gasteiger charge is 2.52. The van der Waals surface area contributed by atoms with E-state index in [0.29, 0.717) is 59.4 Å². The molecule has 3 N–H and O–H groups in total. The van der Waals surface area contributed by atoms with Crippen LogP contribution >= 0.6 is 0 Å². The minimum absolute atomic E-state index is 0.0172. The summed E-state index contributed by atoms with van der Waals surface area (Å²) in [5.74, 6) is -2.33. The van der Waals surface area contributed by atoms with Crippen LogP contribution in [0, 0.1) is 5.92 Å². The summed E-state index contributed by atoms with van der Waals surface area (Å²) in [6.45, 7) is 2.99. The summed E-state index contributed by atoms with van der Waals surface area (Å²) >= 11 is 0. The van der Waals surface area contributed by atoms with Gasteiger partial charge in [-0.1, -0.05) is 17.7 Å². The molecule has 0 radical (unpaired) electrons. The van der Waals surface area contributed by atoms with Crippen LogP contribution in [0.4, 0.5) is 0 Å². The molecular formula is C37H39NO10. The largest absolute Gasteiger partial charge is 0.496 e. The van der Waals surface area contributed by atoms with Gasteiger partial charge < -0.3 is 34.3 Å². The second kappa shape index (κ2) is 12.3. The molecule has 5 atom stereocenters. The van der Waals surface area contributed by atoms with E-state index in [2.05, 4.69) is 4.99 Å². The Morgan fingerprint density at radius 1 is 1.21 bits per heavy atom. The van der Waals surface area contributed by atoms with E-state index in [1.807, 2.05) is 24.3 Å². The molecule has 2 saturated carbocycles. The Hall–Kier alpha value is -4.32. The van der Waals surface area contributed by atoms with Crippen LogP contribution in [0.1, 0.15) is 80.0 Å². The van der Waals surface area contributed by atoms with E-state index in [9.17, 15) is 29.7 Å². The Kier molecular flexibility index (Phi) is 8.25. The molecule has 11 nitrogen and oxygen atoms in total. The van der Waals surface area contributed by atoms with Crippen LogP contribution in [-0.4, -0.2) is 71.9 Å². The molecule has 0 bridgehead atoms. The molecule has 0 saturated heterocycles. The van der Waals surface area contributed by atoms with Crippen molar-refractivity contribution >= 4 is 29.7 Å². The zero-order chi connectivity index (χ0) is 33.9. The summed E-state index contributed by atoms with van der Waals surface area (Å²) in [5.41, 5.74) is 1.77. The van der Waals surface area contributed by atoms with Gasteiger partial charge in [0.2, 0.25) is 5.76 Å². The highest BCUT2D eigenvalue weighted by molar-refractivity contribution is 6.11. The molecule has 0 amide bonds. The summed E-state index contributed by atoms with van der Waals surface area (Å²) in [7, 11) is 1.49. The van der Waals surface area contributed by atoms with E-state index < -0.39 is 42.7 Å². The van der Waals surface area contributed by atoms with Crippen molar-refractivity contribution in [2.75, 3.05) is 26.9 Å². The van der Waals surface area contributed by atoms with Gasteiger partial charge in [-0.3, -0.25) is 14.6 Å². The number of ketones is 1. The molecule has 7 rings (SSSR count). The van der Waals surface area contributed by atoms with Gasteiger partial charge in [0, 0.05) is 28.9 Å². The molecule has 3 heterocycles. The lowest BCUT2D eigenvalue weighted by atomic mass is 9.70. The first-order valence-electron chi connectivity index (χ1n) is 16.5. The van der Waals surface area contributed by atoms with E-state index >= 15 is 0 Å². The van der Waals surface area contributed by atoms with E-state index in [0.717, 1.165) is 22.6 Å². The Labute approximate surface area is 277 Å². The Morgan fingerprint density at radius 2 is 2.02 bits per heavy atom. The number of allylic oxidation sites excluding steroid dienone is 3. The third-order valence-corrected chi connectivity index (χ3v) is 10.5. The first kappa shape index (κ1) is 32.2. The summed E-state index contributed by atoms with van der Waals surface area (Å²) in [6.07, 6.45) is 4.17. The lowest BCUT2D eigenvalue weighted by Gasteiger charge is -2.38. The second-order valence-electron chi connectivity index (χ2n) is 13.3. The van der Waals surface area contributed by atoms with Crippen LogP contribution in [-0.2, 0) is 25.7 Å². The molecule has 2 fully saturated rings. The fraction of sp³-hybridized carbons (Fsp3) is 0.459. The lowest BCUT2D eigenvalue weighted by molar-refractivity contribution is -0.141. The number of hydrogen-bond donors (Lipinski definition) is 3. The first-order chi connectivity index (χ1) is 23.2. The number of aldehydes is 1. The van der Waals surface area contributed by atoms with Gasteiger partial charge in [-0.25, -0.2) is 4.79 Å². The Balaban J connectivity index is 1.51. The van der Waals surface area contributed by atoms with Crippen LogP contribution in [0.5, 0.6) is 17.2 Å². The number of Topliss-reactive ketones (excluding diaryl/α,β-unsaturated/α-hetero) is 1. The maximum atomic E-state index is 13.8. The summed E-state index contributed by atoms with van der Waals surface area (Å²) < 4.78 is 24.1. The third kappa shape index (κ3) is 4.90. The molecule has 5 aliphatic rings. The van der Waals surface area contributed by atoms with Crippen molar-refractivity contribution in [1.82, 2.24) is 0 Å². The van der Waals surface area contributed by atoms with Crippen molar-refractivity contribution in [3.8, 4) is 17.2 Å². The van der Waals surface area contributed by atoms with Gasteiger partial charge in [-0.05, 0) is 68.9 Å². The predicted octanol–water partition coefficient (Wildman–Crippen LogP) is 2.30. The molecule has 48 heavy (non-hydrogen) atoms. The molecule has 2 aliphatic carbocycles. The van der Waals surface area contributed by atoms with Gasteiger partial charge in [-0.15, -0.1) is 0 Å². The quantitative estimate of drug-likeness (QED) is 0.298. The predicted molar refractivity (Wildman–Crippen MR) is 172 cm³/mol. The first-order valence-corrected chi connectivity index (χ1v) is 16.5. The summed E-state index contributed by atoms with van der Waals surface area (Å²) in [5, 5.41) is 34.4. The van der Waals surface area contributed by atoms with Crippen molar-refractivity contribution < 1.29 is 48.7 Å². The van der Waals surface area contributed by atoms with Crippen LogP contribution in [0.2, 0.25) is 0 Å². The molecule has 2 aromatic rings. The van der Waals surface area contributed by atoms with Gasteiger partial charge in [-0.2, -0.15) is 0 Å². The SMILES string of the molecule is CCOC(=O)C1=C(C=O)/C(=C2\C[C@@H](CO)C(=O)[C@H](c3ccc4c(c3)=CCN=4)C2)c2c(c(CO)c3c(c2OC)[C@H]2CCC[C@@](C)(O)[C@H]2O3)O1. The monoisotopic (exact) mass is 657 g/mol. The van der Waals surface area contributed by atoms with E-state index in [-0.39, 0.29) is 53.8 Å². The summed E-state index contributed by atoms with van der Waals surface area (Å²) in [6, 6.07) is 5.69. The average Bonchev–Trinajstić information content (AvgIpc) is 3.72. The topological polar surface area (TPSA) is 161 Å². The number of benzene rings is 2. The number of methoxy groups -OCH3 is 1. The molecule has 2 aromatic carbocycles. The maximum Gasteiger partial charge on any atom is 0.375 e. The molecule has 252 valence electrons. The van der Waals surface area contributed by atoms with E-state index in [1.165, 1.54) is 7.11 Å². The van der Waals surface area contributed by atoms with E-state index in [1.54, 1.807) is 13.8 Å². The number of carbonyl (C=O) groups excluding carboxylic acids is 3. The smallest absolute Gasteiger partial charge is 0.375 e. The number of nitrogens with zero attached hydrogens (tertiary/aromatic N) is 1. The molecule has 11 heteroatoms. The fourth-order valence-corrected chi connectivity index (χ4v) is 8.29.